The van der Waals surface area contributed by atoms with Crippen LogP contribution in [-0.4, -0.2) is 40.3 Å². The van der Waals surface area contributed by atoms with E-state index in [1.807, 2.05) is 13.0 Å². The van der Waals surface area contributed by atoms with Crippen LogP contribution in [0.1, 0.15) is 26.5 Å². The highest BCUT2D eigenvalue weighted by atomic mass is 31.2. The summed E-state index contributed by atoms with van der Waals surface area (Å²) in [4.78, 5) is 14.2. The number of fused-ring (bicyclic) bond motifs is 1. The van der Waals surface area contributed by atoms with Gasteiger partial charge in [-0.1, -0.05) is 0 Å². The quantitative estimate of drug-likeness (QED) is 0.701. The molecule has 9 heteroatoms. The molecule has 0 saturated heterocycles. The van der Waals surface area contributed by atoms with Crippen molar-refractivity contribution in [2.75, 3.05) is 19.6 Å². The molecule has 2 aromatic heterocycles. The minimum atomic E-state index is -3.22. The summed E-state index contributed by atoms with van der Waals surface area (Å²) in [6.45, 7) is 5.96. The van der Waals surface area contributed by atoms with E-state index < -0.39 is 7.60 Å². The minimum Gasteiger partial charge on any atom is -0.365 e. The van der Waals surface area contributed by atoms with Crippen molar-refractivity contribution in [1.29, 1.82) is 0 Å². The molecule has 0 aliphatic heterocycles. The summed E-state index contributed by atoms with van der Waals surface area (Å²) < 4.78 is 29.9. The van der Waals surface area contributed by atoms with Gasteiger partial charge in [-0.05, 0) is 32.9 Å². The zero-order chi connectivity index (χ0) is 16.9. The van der Waals surface area contributed by atoms with Gasteiger partial charge < -0.3 is 18.8 Å². The molecule has 23 heavy (non-hydrogen) atoms. The summed E-state index contributed by atoms with van der Waals surface area (Å²) in [6, 6.07) is 3.53. The highest BCUT2D eigenvalue weighted by Crippen LogP contribution is 2.48. The molecule has 0 fully saturated rings. The van der Waals surface area contributed by atoms with Gasteiger partial charge in [-0.3, -0.25) is 9.36 Å². The van der Waals surface area contributed by atoms with E-state index in [1.54, 1.807) is 24.4 Å². The zero-order valence-electron chi connectivity index (χ0n) is 13.5. The Morgan fingerprint density at radius 3 is 2.65 bits per heavy atom. The van der Waals surface area contributed by atoms with Crippen LogP contribution in [0.15, 0.2) is 23.3 Å². The first-order valence-corrected chi connectivity index (χ1v) is 9.26. The molecule has 0 amide bonds. The van der Waals surface area contributed by atoms with E-state index in [4.69, 9.17) is 13.8 Å². The molecule has 1 N–H and O–H groups in total. The largest absolute Gasteiger partial charge is 0.365 e. The average Bonchev–Trinajstić information content (AvgIpc) is 2.91. The molecule has 128 valence electrons. The van der Waals surface area contributed by atoms with Crippen LogP contribution >= 0.6 is 7.60 Å². The lowest BCUT2D eigenvalue weighted by atomic mass is 10.2. The average molecular weight is 343 g/mol. The summed E-state index contributed by atoms with van der Waals surface area (Å²) in [5, 5.41) is 4.12. The van der Waals surface area contributed by atoms with Crippen LogP contribution in [-0.2, 0) is 24.8 Å². The van der Waals surface area contributed by atoms with Gasteiger partial charge in [0.1, 0.15) is 18.2 Å². The van der Waals surface area contributed by atoms with Crippen molar-refractivity contribution < 1.29 is 18.3 Å². The summed E-state index contributed by atoms with van der Waals surface area (Å²) in [6.07, 6.45) is 1.53. The molecule has 8 nitrogen and oxygen atoms in total. The van der Waals surface area contributed by atoms with E-state index in [0.29, 0.717) is 25.2 Å². The van der Waals surface area contributed by atoms with Crippen molar-refractivity contribution in [2.24, 2.45) is 0 Å². The van der Waals surface area contributed by atoms with Crippen molar-refractivity contribution in [3.8, 4) is 0 Å². The molecule has 0 saturated carbocycles. The molecule has 1 unspecified atom stereocenters. The lowest BCUT2D eigenvalue weighted by Gasteiger charge is -2.19. The van der Waals surface area contributed by atoms with Gasteiger partial charge in [0, 0.05) is 12.1 Å². The van der Waals surface area contributed by atoms with Crippen LogP contribution in [0.25, 0.3) is 5.52 Å². The van der Waals surface area contributed by atoms with Crippen LogP contribution in [0.5, 0.6) is 0 Å². The van der Waals surface area contributed by atoms with Gasteiger partial charge in [0.2, 0.25) is 0 Å². The lowest BCUT2D eigenvalue weighted by molar-refractivity contribution is 0.0770. The zero-order valence-corrected chi connectivity index (χ0v) is 14.4. The number of hydrogen-bond donors (Lipinski definition) is 1. The first-order valence-electron chi connectivity index (χ1n) is 7.53. The molecule has 0 aromatic carbocycles. The van der Waals surface area contributed by atoms with E-state index in [2.05, 4.69) is 10.1 Å². The maximum Gasteiger partial charge on any atom is 0.356 e. The lowest BCUT2D eigenvalue weighted by Crippen LogP contribution is -2.17. The van der Waals surface area contributed by atoms with Gasteiger partial charge in [-0.15, -0.1) is 0 Å². The van der Waals surface area contributed by atoms with Crippen LogP contribution in [0.4, 0.5) is 0 Å². The number of nitrogens with one attached hydrogen (secondary N) is 1. The molecule has 2 rings (SSSR count). The highest BCUT2D eigenvalue weighted by molar-refractivity contribution is 7.53. The summed E-state index contributed by atoms with van der Waals surface area (Å²) >= 11 is 0. The minimum absolute atomic E-state index is 0.104. The fraction of sp³-hybridized carbons (Fsp3) is 0.571. The molecular weight excluding hydrogens is 321 g/mol. The van der Waals surface area contributed by atoms with Gasteiger partial charge >= 0.3 is 7.60 Å². The van der Waals surface area contributed by atoms with Gasteiger partial charge in [-0.25, -0.2) is 4.52 Å². The predicted molar refractivity (Wildman–Crippen MR) is 85.8 cm³/mol. The maximum atomic E-state index is 12.3. The number of rotatable bonds is 9. The monoisotopic (exact) mass is 343 g/mol. The van der Waals surface area contributed by atoms with Gasteiger partial charge in [0.05, 0.1) is 19.3 Å². The first-order chi connectivity index (χ1) is 11.0. The van der Waals surface area contributed by atoms with E-state index in [0.717, 1.165) is 5.69 Å². The fourth-order valence-electron chi connectivity index (χ4n) is 2.23. The molecule has 2 heterocycles. The number of H-pyrrole nitrogens is 1. The van der Waals surface area contributed by atoms with E-state index in [1.165, 1.54) is 6.33 Å². The Morgan fingerprint density at radius 1 is 1.30 bits per heavy atom. The standard InChI is InChI=1S/C14H22N3O5P/c1-4-21-23(19,22-5-2)10-20-11(3)8-12-6-7-13-14(18)15-9-16-17(12)13/h6-7,9,11H,4-5,8,10H2,1-3H3,(H,15,16,18). The molecule has 0 bridgehead atoms. The van der Waals surface area contributed by atoms with Crippen molar-refractivity contribution >= 4 is 13.1 Å². The summed E-state index contributed by atoms with van der Waals surface area (Å²) in [7, 11) is -3.22. The fourth-order valence-corrected chi connectivity index (χ4v) is 3.68. The Balaban J connectivity index is 2.01. The third-order valence-electron chi connectivity index (χ3n) is 3.20. The number of hydrogen-bond acceptors (Lipinski definition) is 6. The predicted octanol–water partition coefficient (Wildman–Crippen LogP) is 2.19. The smallest absolute Gasteiger partial charge is 0.356 e. The van der Waals surface area contributed by atoms with Crippen molar-refractivity contribution in [3.63, 3.8) is 0 Å². The Bertz CT molecular complexity index is 731. The Morgan fingerprint density at radius 2 is 2.00 bits per heavy atom. The second kappa shape index (κ2) is 7.88. The summed E-state index contributed by atoms with van der Waals surface area (Å²) in [5.41, 5.74) is 1.11. The molecule has 1 atom stereocenters. The maximum absolute atomic E-state index is 12.3. The van der Waals surface area contributed by atoms with E-state index in [9.17, 15) is 9.36 Å². The molecule has 0 aliphatic rings. The van der Waals surface area contributed by atoms with Crippen LogP contribution < -0.4 is 5.56 Å². The third-order valence-corrected chi connectivity index (χ3v) is 4.97. The number of aromatic nitrogens is 3. The number of nitrogens with zero attached hydrogens (tertiary/aromatic N) is 2. The molecule has 0 aliphatic carbocycles. The Kier molecular flexibility index (Phi) is 6.12. The summed E-state index contributed by atoms with van der Waals surface area (Å²) in [5.74, 6) is 0. The normalized spacial score (nSPS) is 13.5. The molecule has 0 spiro atoms. The second-order valence-corrected chi connectivity index (χ2v) is 6.99. The third kappa shape index (κ3) is 4.51. The first kappa shape index (κ1) is 17.9. The van der Waals surface area contributed by atoms with Crippen molar-refractivity contribution in [2.45, 2.75) is 33.3 Å². The Labute approximate surface area is 134 Å². The topological polar surface area (TPSA) is 94.9 Å². The van der Waals surface area contributed by atoms with Crippen LogP contribution in [0.3, 0.4) is 0 Å². The number of aromatic amines is 1. The molecule has 0 radical (unpaired) electrons. The van der Waals surface area contributed by atoms with Crippen LogP contribution in [0, 0.1) is 0 Å². The molecule has 2 aromatic rings. The highest BCUT2D eigenvalue weighted by Gasteiger charge is 2.25. The van der Waals surface area contributed by atoms with E-state index >= 15 is 0 Å². The molecular formula is C14H22N3O5P. The van der Waals surface area contributed by atoms with Gasteiger partial charge in [-0.2, -0.15) is 5.10 Å². The second-order valence-electron chi connectivity index (χ2n) is 5.00. The van der Waals surface area contributed by atoms with Crippen molar-refractivity contribution in [1.82, 2.24) is 14.6 Å². The SMILES string of the molecule is CCOP(=O)(COC(C)Cc1ccc2c(=O)[nH]cnn12)OCC. The van der Waals surface area contributed by atoms with Crippen molar-refractivity contribution in [3.05, 3.63) is 34.5 Å². The van der Waals surface area contributed by atoms with E-state index in [-0.39, 0.29) is 18.0 Å². The van der Waals surface area contributed by atoms with Gasteiger partial charge in [0.15, 0.2) is 0 Å². The van der Waals surface area contributed by atoms with Gasteiger partial charge in [0.25, 0.3) is 5.56 Å². The number of ether oxygens (including phenoxy) is 1. The Hall–Kier alpha value is -1.47. The van der Waals surface area contributed by atoms with Crippen LogP contribution in [0.2, 0.25) is 0 Å².